The van der Waals surface area contributed by atoms with E-state index < -0.39 is 11.0 Å². The minimum atomic E-state index is -0.833. The predicted molar refractivity (Wildman–Crippen MR) is 80.1 cm³/mol. The van der Waals surface area contributed by atoms with E-state index in [1.165, 1.54) is 18.2 Å². The molecule has 0 radical (unpaired) electrons. The van der Waals surface area contributed by atoms with Crippen LogP contribution in [0.5, 0.6) is 5.75 Å². The number of aliphatic hydroxyl groups excluding tert-OH is 1. The average Bonchev–Trinajstić information content (AvgIpc) is 2.81. The van der Waals surface area contributed by atoms with E-state index in [0.717, 1.165) is 8.66 Å². The number of nitrogens with zero attached hydrogens (tertiary/aromatic N) is 1. The predicted octanol–water partition coefficient (Wildman–Crippen LogP) is 4.05. The van der Waals surface area contributed by atoms with E-state index in [1.807, 2.05) is 12.1 Å². The second-order valence-corrected chi connectivity index (χ2v) is 6.70. The van der Waals surface area contributed by atoms with E-state index in [4.69, 9.17) is 4.74 Å². The van der Waals surface area contributed by atoms with Crippen molar-refractivity contribution >= 4 is 33.0 Å². The van der Waals surface area contributed by atoms with E-state index in [1.54, 1.807) is 18.3 Å². The SMILES string of the molecule is C[C@H](O)c1cc([N+](=O)[O-])ccc1OCc1ccc(Br)s1. The number of nitro benzene ring substituents is 1. The van der Waals surface area contributed by atoms with Crippen molar-refractivity contribution < 1.29 is 14.8 Å². The number of hydrogen-bond acceptors (Lipinski definition) is 5. The number of benzene rings is 1. The van der Waals surface area contributed by atoms with Crippen LogP contribution in [0.15, 0.2) is 34.1 Å². The minimum absolute atomic E-state index is 0.0629. The lowest BCUT2D eigenvalue weighted by molar-refractivity contribution is -0.385. The molecule has 20 heavy (non-hydrogen) atoms. The van der Waals surface area contributed by atoms with Gasteiger partial charge in [0.05, 0.1) is 14.8 Å². The molecule has 1 heterocycles. The summed E-state index contributed by atoms with van der Waals surface area (Å²) in [7, 11) is 0. The summed E-state index contributed by atoms with van der Waals surface area (Å²) in [6, 6.07) is 8.08. The minimum Gasteiger partial charge on any atom is -0.488 e. The van der Waals surface area contributed by atoms with Crippen LogP contribution < -0.4 is 4.74 Å². The molecule has 0 spiro atoms. The number of ether oxygens (including phenoxy) is 1. The first-order valence-electron chi connectivity index (χ1n) is 5.81. The summed E-state index contributed by atoms with van der Waals surface area (Å²) >= 11 is 4.92. The van der Waals surface area contributed by atoms with Crippen molar-refractivity contribution in [2.24, 2.45) is 0 Å². The number of nitro groups is 1. The second kappa shape index (κ2) is 6.34. The van der Waals surface area contributed by atoms with Gasteiger partial charge in [0, 0.05) is 22.6 Å². The van der Waals surface area contributed by atoms with Crippen LogP contribution in [0.4, 0.5) is 5.69 Å². The van der Waals surface area contributed by atoms with Crippen LogP contribution >= 0.6 is 27.3 Å². The van der Waals surface area contributed by atoms with Gasteiger partial charge < -0.3 is 9.84 Å². The first kappa shape index (κ1) is 15.0. The molecule has 0 aliphatic heterocycles. The van der Waals surface area contributed by atoms with Gasteiger partial charge in [0.2, 0.25) is 0 Å². The van der Waals surface area contributed by atoms with Crippen molar-refractivity contribution in [2.45, 2.75) is 19.6 Å². The van der Waals surface area contributed by atoms with E-state index >= 15 is 0 Å². The lowest BCUT2D eigenvalue weighted by atomic mass is 10.1. The molecular weight excluding hydrogens is 346 g/mol. The zero-order chi connectivity index (χ0) is 14.7. The zero-order valence-corrected chi connectivity index (χ0v) is 13.0. The molecule has 106 valence electrons. The molecule has 0 bridgehead atoms. The monoisotopic (exact) mass is 357 g/mol. The Morgan fingerprint density at radius 1 is 1.45 bits per heavy atom. The Hall–Kier alpha value is -1.44. The molecule has 0 fully saturated rings. The third kappa shape index (κ3) is 3.56. The number of rotatable bonds is 5. The van der Waals surface area contributed by atoms with Gasteiger partial charge in [-0.1, -0.05) is 0 Å². The van der Waals surface area contributed by atoms with Crippen molar-refractivity contribution in [2.75, 3.05) is 0 Å². The molecule has 0 aliphatic rings. The van der Waals surface area contributed by atoms with Gasteiger partial charge in [-0.25, -0.2) is 0 Å². The average molecular weight is 358 g/mol. The van der Waals surface area contributed by atoms with Gasteiger partial charge in [-0.2, -0.15) is 0 Å². The van der Waals surface area contributed by atoms with Crippen LogP contribution in [0.25, 0.3) is 0 Å². The second-order valence-electron chi connectivity index (χ2n) is 4.15. The van der Waals surface area contributed by atoms with Crippen LogP contribution in [0, 0.1) is 10.1 Å². The molecule has 0 saturated heterocycles. The summed E-state index contributed by atoms with van der Waals surface area (Å²) < 4.78 is 6.65. The fraction of sp³-hybridized carbons (Fsp3) is 0.231. The molecule has 0 aliphatic carbocycles. The lowest BCUT2D eigenvalue weighted by Gasteiger charge is -2.12. The van der Waals surface area contributed by atoms with Gasteiger partial charge in [0.15, 0.2) is 0 Å². The van der Waals surface area contributed by atoms with Gasteiger partial charge in [0.25, 0.3) is 5.69 Å². The molecule has 5 nitrogen and oxygen atoms in total. The van der Waals surface area contributed by atoms with Crippen LogP contribution in [0.3, 0.4) is 0 Å². The van der Waals surface area contributed by atoms with Crippen LogP contribution in [0.1, 0.15) is 23.5 Å². The fourth-order valence-electron chi connectivity index (χ4n) is 1.69. The zero-order valence-electron chi connectivity index (χ0n) is 10.6. The molecule has 0 unspecified atom stereocenters. The molecule has 7 heteroatoms. The van der Waals surface area contributed by atoms with Gasteiger partial charge >= 0.3 is 0 Å². The Labute approximate surface area is 128 Å². The molecule has 0 saturated carbocycles. The number of non-ortho nitro benzene ring substituents is 1. The fourth-order valence-corrected chi connectivity index (χ4v) is 3.08. The standard InChI is InChI=1S/C13H12BrNO4S/c1-8(16)11-6-9(15(17)18)2-4-12(11)19-7-10-3-5-13(14)20-10/h2-6,8,16H,7H2,1H3/t8-/m0/s1. The third-order valence-electron chi connectivity index (χ3n) is 2.65. The van der Waals surface area contributed by atoms with Crippen LogP contribution in [-0.2, 0) is 6.61 Å². The molecule has 2 rings (SSSR count). The number of halogens is 1. The molecule has 2 aromatic rings. The van der Waals surface area contributed by atoms with E-state index in [-0.39, 0.29) is 5.69 Å². The maximum absolute atomic E-state index is 10.7. The van der Waals surface area contributed by atoms with Crippen molar-refractivity contribution in [3.8, 4) is 5.75 Å². The largest absolute Gasteiger partial charge is 0.488 e. The number of hydrogen-bond donors (Lipinski definition) is 1. The highest BCUT2D eigenvalue weighted by atomic mass is 79.9. The Bertz CT molecular complexity index is 627. The van der Waals surface area contributed by atoms with Gasteiger partial charge in [0.1, 0.15) is 12.4 Å². The Morgan fingerprint density at radius 2 is 2.20 bits per heavy atom. The highest BCUT2D eigenvalue weighted by molar-refractivity contribution is 9.11. The summed E-state index contributed by atoms with van der Waals surface area (Å²) in [6.07, 6.45) is -0.833. The van der Waals surface area contributed by atoms with Gasteiger partial charge in [-0.05, 0) is 41.1 Å². The van der Waals surface area contributed by atoms with Gasteiger partial charge in [-0.15, -0.1) is 11.3 Å². The maximum Gasteiger partial charge on any atom is 0.270 e. The van der Waals surface area contributed by atoms with E-state index in [0.29, 0.717) is 17.9 Å². The molecule has 1 N–H and O–H groups in total. The smallest absolute Gasteiger partial charge is 0.270 e. The van der Waals surface area contributed by atoms with Crippen LogP contribution in [-0.4, -0.2) is 10.0 Å². The number of thiophene rings is 1. The van der Waals surface area contributed by atoms with E-state index in [2.05, 4.69) is 15.9 Å². The Kier molecular flexibility index (Phi) is 4.74. The van der Waals surface area contributed by atoms with Crippen LogP contribution in [0.2, 0.25) is 0 Å². The summed E-state index contributed by atoms with van der Waals surface area (Å²) in [4.78, 5) is 11.3. The highest BCUT2D eigenvalue weighted by Gasteiger charge is 2.15. The Balaban J connectivity index is 2.20. The van der Waals surface area contributed by atoms with Crippen molar-refractivity contribution in [3.05, 3.63) is 54.7 Å². The summed E-state index contributed by atoms with van der Waals surface area (Å²) in [5.41, 5.74) is 0.349. The molecule has 1 atom stereocenters. The topological polar surface area (TPSA) is 72.6 Å². The summed E-state index contributed by atoms with van der Waals surface area (Å²) in [6.45, 7) is 1.90. The highest BCUT2D eigenvalue weighted by Crippen LogP contribution is 2.31. The van der Waals surface area contributed by atoms with Crippen molar-refractivity contribution in [3.63, 3.8) is 0 Å². The van der Waals surface area contributed by atoms with Gasteiger partial charge in [-0.3, -0.25) is 10.1 Å². The van der Waals surface area contributed by atoms with E-state index in [9.17, 15) is 15.2 Å². The number of aliphatic hydroxyl groups is 1. The summed E-state index contributed by atoms with van der Waals surface area (Å²) in [5, 5.41) is 20.5. The summed E-state index contributed by atoms with van der Waals surface area (Å²) in [5.74, 6) is 0.454. The molecular formula is C13H12BrNO4S. The van der Waals surface area contributed by atoms with Crippen molar-refractivity contribution in [1.82, 2.24) is 0 Å². The maximum atomic E-state index is 10.7. The first-order valence-corrected chi connectivity index (χ1v) is 7.41. The lowest BCUT2D eigenvalue weighted by Crippen LogP contribution is -2.01. The first-order chi connectivity index (χ1) is 9.47. The molecule has 1 aromatic carbocycles. The quantitative estimate of drug-likeness (QED) is 0.646. The molecule has 0 amide bonds. The third-order valence-corrected chi connectivity index (χ3v) is 4.25. The Morgan fingerprint density at radius 3 is 2.75 bits per heavy atom. The van der Waals surface area contributed by atoms with Crippen molar-refractivity contribution in [1.29, 1.82) is 0 Å². The normalized spacial score (nSPS) is 12.2. The molecule has 1 aromatic heterocycles.